The van der Waals surface area contributed by atoms with Crippen LogP contribution in [0.5, 0.6) is 0 Å². The molecular formula is C16H17Cl2N3O2. The molecule has 0 amide bonds. The van der Waals surface area contributed by atoms with Crippen LogP contribution in [-0.2, 0) is 9.53 Å². The summed E-state index contributed by atoms with van der Waals surface area (Å²) in [5.41, 5.74) is 1.10. The number of hydrogen-bond acceptors (Lipinski definition) is 5. The zero-order valence-corrected chi connectivity index (χ0v) is 14.4. The summed E-state index contributed by atoms with van der Waals surface area (Å²) >= 11 is 12.3. The lowest BCUT2D eigenvalue weighted by Gasteiger charge is -2.39. The van der Waals surface area contributed by atoms with Gasteiger partial charge in [0.2, 0.25) is 0 Å². The number of benzene rings is 1. The number of hydrazine groups is 1. The first kappa shape index (κ1) is 16.1. The summed E-state index contributed by atoms with van der Waals surface area (Å²) in [6, 6.07) is 7.53. The number of ether oxygens (including phenoxy) is 1. The molecule has 0 bridgehead atoms. The van der Waals surface area contributed by atoms with Crippen LogP contribution in [0.15, 0.2) is 40.5 Å². The van der Waals surface area contributed by atoms with Crippen LogP contribution in [0.4, 0.5) is 5.69 Å². The second-order valence-corrected chi connectivity index (χ2v) is 6.42. The van der Waals surface area contributed by atoms with Gasteiger partial charge in [0.1, 0.15) is 6.17 Å². The van der Waals surface area contributed by atoms with E-state index >= 15 is 0 Å². The number of esters is 1. The molecule has 1 aliphatic carbocycles. The van der Waals surface area contributed by atoms with E-state index in [4.69, 9.17) is 27.9 Å². The lowest BCUT2D eigenvalue weighted by molar-refractivity contribution is -0.132. The molecule has 0 aromatic heterocycles. The van der Waals surface area contributed by atoms with Crippen molar-refractivity contribution < 1.29 is 9.53 Å². The minimum absolute atomic E-state index is 0.171. The lowest BCUT2D eigenvalue weighted by Crippen LogP contribution is -2.47. The number of rotatable bonds is 4. The van der Waals surface area contributed by atoms with Gasteiger partial charge in [0.25, 0.3) is 0 Å². The second-order valence-electron chi connectivity index (χ2n) is 5.58. The Morgan fingerprint density at radius 3 is 2.74 bits per heavy atom. The predicted molar refractivity (Wildman–Crippen MR) is 91.6 cm³/mol. The highest BCUT2D eigenvalue weighted by molar-refractivity contribution is 6.58. The summed E-state index contributed by atoms with van der Waals surface area (Å²) in [6.45, 7) is 0. The molecule has 23 heavy (non-hydrogen) atoms. The van der Waals surface area contributed by atoms with Gasteiger partial charge in [0, 0.05) is 24.2 Å². The van der Waals surface area contributed by atoms with Gasteiger partial charge >= 0.3 is 5.97 Å². The van der Waals surface area contributed by atoms with E-state index in [9.17, 15) is 4.79 Å². The zero-order valence-electron chi connectivity index (χ0n) is 12.9. The normalized spacial score (nSPS) is 20.7. The van der Waals surface area contributed by atoms with Gasteiger partial charge in [-0.2, -0.15) is 0 Å². The van der Waals surface area contributed by atoms with Crippen molar-refractivity contribution in [3.8, 4) is 0 Å². The van der Waals surface area contributed by atoms with E-state index in [1.54, 1.807) is 6.20 Å². The maximum absolute atomic E-state index is 11.8. The van der Waals surface area contributed by atoms with Crippen LogP contribution in [0, 0.1) is 5.92 Å². The molecule has 1 aromatic carbocycles. The van der Waals surface area contributed by atoms with Crippen molar-refractivity contribution in [2.75, 3.05) is 19.2 Å². The summed E-state index contributed by atoms with van der Waals surface area (Å²) in [6.07, 6.45) is 3.71. The van der Waals surface area contributed by atoms with Gasteiger partial charge in [0.05, 0.1) is 17.8 Å². The van der Waals surface area contributed by atoms with Gasteiger partial charge in [-0.1, -0.05) is 29.3 Å². The number of anilines is 1. The van der Waals surface area contributed by atoms with Crippen LogP contribution < -0.4 is 5.01 Å². The molecule has 0 N–H and O–H groups in total. The number of nitrogens with zero attached hydrogens (tertiary/aromatic N) is 3. The van der Waals surface area contributed by atoms with Crippen molar-refractivity contribution in [3.63, 3.8) is 0 Å². The Balaban J connectivity index is 1.92. The standard InChI is InChI=1S/C16H17Cl2N3O2/c1-20(12-5-3-4-11(17)8-12)21-9-13(18)14(16(22)23-2)19-15(21)10-6-7-10/h3-5,8-10,15H,6-7H2,1-2H3. The van der Waals surface area contributed by atoms with Crippen LogP contribution in [0.25, 0.3) is 0 Å². The highest BCUT2D eigenvalue weighted by Crippen LogP contribution is 2.39. The molecule has 1 heterocycles. The fourth-order valence-electron chi connectivity index (χ4n) is 2.54. The Hall–Kier alpha value is -1.72. The molecule has 7 heteroatoms. The van der Waals surface area contributed by atoms with Crippen molar-refractivity contribution in [1.29, 1.82) is 0 Å². The summed E-state index contributed by atoms with van der Waals surface area (Å²) in [5, 5.41) is 4.80. The van der Waals surface area contributed by atoms with Crippen LogP contribution in [0.2, 0.25) is 5.02 Å². The topological polar surface area (TPSA) is 45.1 Å². The Labute approximate surface area is 145 Å². The molecule has 1 fully saturated rings. The second kappa shape index (κ2) is 6.42. The maximum atomic E-state index is 11.8. The van der Waals surface area contributed by atoms with Gasteiger partial charge in [-0.25, -0.2) is 9.79 Å². The van der Waals surface area contributed by atoms with Crippen LogP contribution in [-0.4, -0.2) is 37.0 Å². The van der Waals surface area contributed by atoms with Gasteiger partial charge in [-0.15, -0.1) is 0 Å². The largest absolute Gasteiger partial charge is 0.464 e. The van der Waals surface area contributed by atoms with Crippen molar-refractivity contribution in [2.45, 2.75) is 19.0 Å². The number of hydrogen-bond donors (Lipinski definition) is 0. The van der Waals surface area contributed by atoms with E-state index in [1.807, 2.05) is 41.3 Å². The summed E-state index contributed by atoms with van der Waals surface area (Å²) in [5.74, 6) is -0.112. The fraction of sp³-hybridized carbons (Fsp3) is 0.375. The summed E-state index contributed by atoms with van der Waals surface area (Å²) in [7, 11) is 3.24. The average molecular weight is 354 g/mol. The van der Waals surface area contributed by atoms with Gasteiger partial charge < -0.3 is 4.74 Å². The number of halogens is 2. The van der Waals surface area contributed by atoms with Crippen LogP contribution >= 0.6 is 23.2 Å². The molecule has 0 saturated heterocycles. The summed E-state index contributed by atoms with van der Waals surface area (Å²) < 4.78 is 4.76. The van der Waals surface area contributed by atoms with Crippen molar-refractivity contribution >= 4 is 40.6 Å². The molecule has 0 spiro atoms. The SMILES string of the molecule is COC(=O)C1=NC(C2CC2)N(N(C)c2cccc(Cl)c2)C=C1Cl. The third-order valence-corrected chi connectivity index (χ3v) is 4.47. The number of carbonyl (C=O) groups is 1. The lowest BCUT2D eigenvalue weighted by atomic mass is 10.2. The number of carbonyl (C=O) groups excluding carboxylic acids is 1. The third-order valence-electron chi connectivity index (χ3n) is 3.95. The minimum Gasteiger partial charge on any atom is -0.464 e. The van der Waals surface area contributed by atoms with Gasteiger partial charge in [-0.3, -0.25) is 10.0 Å². The molecule has 1 aliphatic heterocycles. The highest BCUT2D eigenvalue weighted by atomic mass is 35.5. The van der Waals surface area contributed by atoms with Crippen molar-refractivity contribution in [1.82, 2.24) is 5.01 Å². The molecule has 1 aromatic rings. The molecule has 122 valence electrons. The highest BCUT2D eigenvalue weighted by Gasteiger charge is 2.40. The number of methoxy groups -OCH3 is 1. The Morgan fingerprint density at radius 1 is 1.39 bits per heavy atom. The van der Waals surface area contributed by atoms with E-state index in [-0.39, 0.29) is 16.9 Å². The molecule has 1 saturated carbocycles. The Morgan fingerprint density at radius 2 is 2.13 bits per heavy atom. The summed E-state index contributed by atoms with van der Waals surface area (Å²) in [4.78, 5) is 16.4. The van der Waals surface area contributed by atoms with Crippen molar-refractivity contribution in [3.05, 3.63) is 40.5 Å². The molecule has 0 radical (unpaired) electrons. The smallest absolute Gasteiger partial charge is 0.357 e. The first-order valence-corrected chi connectivity index (χ1v) is 8.08. The van der Waals surface area contributed by atoms with E-state index < -0.39 is 5.97 Å². The van der Waals surface area contributed by atoms with E-state index in [0.29, 0.717) is 10.9 Å². The first-order chi connectivity index (χ1) is 11.0. The Bertz CT molecular complexity index is 686. The maximum Gasteiger partial charge on any atom is 0.357 e. The van der Waals surface area contributed by atoms with Crippen LogP contribution in [0.1, 0.15) is 12.8 Å². The molecule has 5 nitrogen and oxygen atoms in total. The molecular weight excluding hydrogens is 337 g/mol. The molecule has 1 unspecified atom stereocenters. The van der Waals surface area contributed by atoms with E-state index in [1.165, 1.54) is 7.11 Å². The first-order valence-electron chi connectivity index (χ1n) is 7.32. The van der Waals surface area contributed by atoms with Gasteiger partial charge in [0.15, 0.2) is 5.71 Å². The third kappa shape index (κ3) is 3.31. The molecule has 2 aliphatic rings. The number of aliphatic imine (C=N–C) groups is 1. The van der Waals surface area contributed by atoms with Crippen LogP contribution in [0.3, 0.4) is 0 Å². The zero-order chi connectivity index (χ0) is 16.6. The van der Waals surface area contributed by atoms with Gasteiger partial charge in [-0.05, 0) is 31.0 Å². The van der Waals surface area contributed by atoms with E-state index in [2.05, 4.69) is 4.99 Å². The van der Waals surface area contributed by atoms with E-state index in [0.717, 1.165) is 18.5 Å². The molecule has 3 rings (SSSR count). The predicted octanol–water partition coefficient (Wildman–Crippen LogP) is 3.44. The molecule has 1 atom stereocenters. The average Bonchev–Trinajstić information content (AvgIpc) is 3.38. The quantitative estimate of drug-likeness (QED) is 0.777. The monoisotopic (exact) mass is 353 g/mol. The minimum atomic E-state index is -0.512. The Kier molecular flexibility index (Phi) is 4.50. The van der Waals surface area contributed by atoms with Crippen molar-refractivity contribution in [2.24, 2.45) is 10.9 Å². The fourth-order valence-corrected chi connectivity index (χ4v) is 2.95.